The Kier molecular flexibility index (Phi) is 7.03. The van der Waals surface area contributed by atoms with Crippen molar-refractivity contribution in [2.24, 2.45) is 0 Å². The maximum atomic E-state index is 13.6. The molecule has 0 unspecified atom stereocenters. The average Bonchev–Trinajstić information content (AvgIpc) is 2.87. The van der Waals surface area contributed by atoms with E-state index in [0.29, 0.717) is 11.3 Å². The molecule has 7 heteroatoms. The highest BCUT2D eigenvalue weighted by Crippen LogP contribution is 2.27. The largest absolute Gasteiger partial charge is 0.324 e. The third-order valence-corrected chi connectivity index (χ3v) is 5.30. The van der Waals surface area contributed by atoms with E-state index in [4.69, 9.17) is 0 Å². The van der Waals surface area contributed by atoms with Crippen LogP contribution in [0.1, 0.15) is 33.2 Å². The molecule has 4 rings (SSSR count). The molecule has 3 aromatic carbocycles. The molecule has 0 aliphatic heterocycles. The zero-order valence-corrected chi connectivity index (χ0v) is 18.6. The van der Waals surface area contributed by atoms with Gasteiger partial charge >= 0.3 is 0 Å². The zero-order chi connectivity index (χ0) is 23.9. The fourth-order valence-electron chi connectivity index (χ4n) is 3.58. The van der Waals surface area contributed by atoms with E-state index in [1.54, 1.807) is 12.1 Å². The monoisotopic (exact) mass is 454 g/mol. The molecule has 0 saturated heterocycles. The van der Waals surface area contributed by atoms with E-state index >= 15 is 0 Å². The van der Waals surface area contributed by atoms with Crippen LogP contribution in [0, 0.1) is 12.7 Å². The second-order valence-corrected chi connectivity index (χ2v) is 7.82. The third kappa shape index (κ3) is 5.50. The first-order valence-corrected chi connectivity index (χ1v) is 10.7. The number of carbonyl (C=O) groups excluding carboxylic acids is 2. The second-order valence-electron chi connectivity index (χ2n) is 7.82. The minimum absolute atomic E-state index is 0.130. The summed E-state index contributed by atoms with van der Waals surface area (Å²) in [5, 5.41) is 2.81. The van der Waals surface area contributed by atoms with Crippen LogP contribution in [-0.4, -0.2) is 26.7 Å². The van der Waals surface area contributed by atoms with Gasteiger partial charge < -0.3 is 10.2 Å². The number of carbonyl (C=O) groups is 2. The molecule has 1 N–H and O–H groups in total. The molecule has 0 saturated carbocycles. The highest BCUT2D eigenvalue weighted by Gasteiger charge is 2.33. The van der Waals surface area contributed by atoms with Crippen LogP contribution in [0.3, 0.4) is 0 Å². The maximum absolute atomic E-state index is 13.6. The number of hydrogen-bond acceptors (Lipinski definition) is 4. The van der Waals surface area contributed by atoms with Crippen LogP contribution in [0.15, 0.2) is 97.5 Å². The van der Waals surface area contributed by atoms with Crippen LogP contribution in [0.4, 0.5) is 10.1 Å². The van der Waals surface area contributed by atoms with Crippen LogP contribution in [0.2, 0.25) is 0 Å². The fourth-order valence-corrected chi connectivity index (χ4v) is 3.58. The molecule has 0 spiro atoms. The predicted molar refractivity (Wildman–Crippen MR) is 127 cm³/mol. The Morgan fingerprint density at radius 1 is 0.941 bits per heavy atom. The smallest absolute Gasteiger partial charge is 0.275 e. The fraction of sp³-hybridized carbons (Fsp3) is 0.111. The molecule has 170 valence electrons. The minimum atomic E-state index is -0.970. The Bertz CT molecular complexity index is 1250. The van der Waals surface area contributed by atoms with Gasteiger partial charge in [-0.3, -0.25) is 14.6 Å². The number of aromatic nitrogens is 2. The second kappa shape index (κ2) is 10.5. The van der Waals surface area contributed by atoms with Gasteiger partial charge in [-0.15, -0.1) is 0 Å². The Hall–Kier alpha value is -4.39. The molecule has 0 bridgehead atoms. The lowest BCUT2D eigenvalue weighted by Crippen LogP contribution is -2.41. The van der Waals surface area contributed by atoms with E-state index in [9.17, 15) is 14.0 Å². The van der Waals surface area contributed by atoms with Gasteiger partial charge in [0.15, 0.2) is 0 Å². The first-order valence-electron chi connectivity index (χ1n) is 10.7. The van der Waals surface area contributed by atoms with E-state index in [1.807, 2.05) is 49.4 Å². The Morgan fingerprint density at radius 3 is 2.29 bits per heavy atom. The summed E-state index contributed by atoms with van der Waals surface area (Å²) in [5.41, 5.74) is 3.13. The van der Waals surface area contributed by atoms with Crippen molar-refractivity contribution in [3.63, 3.8) is 0 Å². The van der Waals surface area contributed by atoms with Crippen LogP contribution in [0.25, 0.3) is 0 Å². The number of aryl methyl sites for hydroxylation is 1. The minimum Gasteiger partial charge on any atom is -0.324 e. The third-order valence-electron chi connectivity index (χ3n) is 5.30. The lowest BCUT2D eigenvalue weighted by molar-refractivity contribution is -0.121. The molecule has 1 aromatic heterocycles. The lowest BCUT2D eigenvalue weighted by Gasteiger charge is -2.31. The zero-order valence-electron chi connectivity index (χ0n) is 18.6. The number of benzene rings is 3. The van der Waals surface area contributed by atoms with Crippen molar-refractivity contribution in [3.8, 4) is 0 Å². The summed E-state index contributed by atoms with van der Waals surface area (Å²) in [6.45, 7) is 2.15. The molecule has 0 aliphatic carbocycles. The van der Waals surface area contributed by atoms with Gasteiger partial charge in [-0.25, -0.2) is 9.37 Å². The molecule has 6 nitrogen and oxygen atoms in total. The number of nitrogens with one attached hydrogen (secondary N) is 1. The van der Waals surface area contributed by atoms with E-state index < -0.39 is 23.7 Å². The van der Waals surface area contributed by atoms with Crippen LogP contribution >= 0.6 is 0 Å². The van der Waals surface area contributed by atoms with Gasteiger partial charge in [0, 0.05) is 24.6 Å². The van der Waals surface area contributed by atoms with E-state index in [2.05, 4.69) is 15.3 Å². The number of amides is 2. The van der Waals surface area contributed by atoms with Crippen LogP contribution in [-0.2, 0) is 11.3 Å². The summed E-state index contributed by atoms with van der Waals surface area (Å²) < 4.78 is 13.4. The topological polar surface area (TPSA) is 75.2 Å². The van der Waals surface area contributed by atoms with Gasteiger partial charge in [0.25, 0.3) is 11.8 Å². The van der Waals surface area contributed by atoms with Gasteiger partial charge in [0.1, 0.15) is 17.6 Å². The molecule has 34 heavy (non-hydrogen) atoms. The van der Waals surface area contributed by atoms with Crippen molar-refractivity contribution in [3.05, 3.63) is 126 Å². The molecule has 0 radical (unpaired) electrons. The van der Waals surface area contributed by atoms with Gasteiger partial charge in [0.05, 0.1) is 6.20 Å². The summed E-state index contributed by atoms with van der Waals surface area (Å²) in [6.07, 6.45) is 4.30. The molecular weight excluding hydrogens is 431 g/mol. The quantitative estimate of drug-likeness (QED) is 0.429. The standard InChI is InChI=1S/C27H23FN4O2/c1-19-7-9-20(10-8-19)18-32(27(34)24-17-29-15-16-30-24)25(21-5-3-2-4-6-21)26(33)31-23-13-11-22(28)12-14-23/h2-17,25H,18H2,1H3,(H,31,33)/t25-/m0/s1. The number of hydrogen-bond donors (Lipinski definition) is 1. The van der Waals surface area contributed by atoms with E-state index in [-0.39, 0.29) is 12.2 Å². The first kappa shape index (κ1) is 22.8. The normalized spacial score (nSPS) is 11.5. The average molecular weight is 455 g/mol. The number of rotatable bonds is 7. The molecule has 1 heterocycles. The maximum Gasteiger partial charge on any atom is 0.275 e. The van der Waals surface area contributed by atoms with Crippen molar-refractivity contribution in [2.45, 2.75) is 19.5 Å². The SMILES string of the molecule is Cc1ccc(CN(C(=O)c2cnccn2)[C@H](C(=O)Nc2ccc(F)cc2)c2ccccc2)cc1. The molecule has 0 aliphatic rings. The van der Waals surface area contributed by atoms with E-state index in [1.165, 1.54) is 47.8 Å². The summed E-state index contributed by atoms with van der Waals surface area (Å²) >= 11 is 0. The highest BCUT2D eigenvalue weighted by atomic mass is 19.1. The van der Waals surface area contributed by atoms with Crippen LogP contribution in [0.5, 0.6) is 0 Å². The Labute approximate surface area is 197 Å². The van der Waals surface area contributed by atoms with E-state index in [0.717, 1.165) is 11.1 Å². The Morgan fingerprint density at radius 2 is 1.65 bits per heavy atom. The summed E-state index contributed by atoms with van der Waals surface area (Å²) in [7, 11) is 0. The predicted octanol–water partition coefficient (Wildman–Crippen LogP) is 4.95. The van der Waals surface area contributed by atoms with Crippen molar-refractivity contribution >= 4 is 17.5 Å². The Balaban J connectivity index is 1.76. The highest BCUT2D eigenvalue weighted by molar-refractivity contribution is 6.00. The molecule has 0 fully saturated rings. The van der Waals surface area contributed by atoms with Crippen molar-refractivity contribution in [2.75, 3.05) is 5.32 Å². The summed E-state index contributed by atoms with van der Waals surface area (Å²) in [6, 6.07) is 21.3. The van der Waals surface area contributed by atoms with Crippen molar-refractivity contribution in [1.82, 2.24) is 14.9 Å². The van der Waals surface area contributed by atoms with Gasteiger partial charge in [-0.05, 0) is 42.3 Å². The van der Waals surface area contributed by atoms with Gasteiger partial charge in [-0.1, -0.05) is 60.2 Å². The number of nitrogens with zero attached hydrogens (tertiary/aromatic N) is 3. The van der Waals surface area contributed by atoms with Crippen LogP contribution < -0.4 is 5.32 Å². The summed E-state index contributed by atoms with van der Waals surface area (Å²) in [4.78, 5) is 36.9. The van der Waals surface area contributed by atoms with Crippen molar-refractivity contribution in [1.29, 1.82) is 0 Å². The van der Waals surface area contributed by atoms with Crippen molar-refractivity contribution < 1.29 is 14.0 Å². The molecule has 1 atom stereocenters. The van der Waals surface area contributed by atoms with Gasteiger partial charge in [0.2, 0.25) is 0 Å². The molecule has 4 aromatic rings. The summed E-state index contributed by atoms with van der Waals surface area (Å²) in [5.74, 6) is -1.27. The number of anilines is 1. The first-order chi connectivity index (χ1) is 16.5. The molecule has 2 amide bonds. The van der Waals surface area contributed by atoms with Gasteiger partial charge in [-0.2, -0.15) is 0 Å². The molecular formula is C27H23FN4O2. The lowest BCUT2D eigenvalue weighted by atomic mass is 10.0. The number of halogens is 1.